The van der Waals surface area contributed by atoms with Gasteiger partial charge in [0.15, 0.2) is 0 Å². The molecule has 0 aromatic heterocycles. The van der Waals surface area contributed by atoms with Crippen LogP contribution in [0, 0.1) is 0 Å². The highest BCUT2D eigenvalue weighted by Gasteiger charge is 2.26. The lowest BCUT2D eigenvalue weighted by atomic mass is 10.0. The fourth-order valence-electron chi connectivity index (χ4n) is 1.11. The molecule has 52 valence electrons. The van der Waals surface area contributed by atoms with Crippen LogP contribution in [0.1, 0.15) is 0 Å². The van der Waals surface area contributed by atoms with Gasteiger partial charge < -0.3 is 5.73 Å². The fourth-order valence-corrected chi connectivity index (χ4v) is 1.11. The molecule has 1 aliphatic carbocycles. The van der Waals surface area contributed by atoms with E-state index in [0.717, 1.165) is 5.70 Å². The lowest BCUT2D eigenvalue weighted by Crippen LogP contribution is -2.33. The van der Waals surface area contributed by atoms with Crippen LogP contribution in [0.3, 0.4) is 0 Å². The zero-order valence-electron chi connectivity index (χ0n) is 5.36. The van der Waals surface area contributed by atoms with Gasteiger partial charge in [0.1, 0.15) is 6.04 Å². The molecule has 2 rings (SSSR count). The van der Waals surface area contributed by atoms with Gasteiger partial charge in [-0.15, -0.1) is 0 Å². The normalized spacial score (nSPS) is 35.0. The summed E-state index contributed by atoms with van der Waals surface area (Å²) in [4.78, 5) is 0. The molecular weight excluding hydrogens is 128 g/mol. The average Bonchev–Trinajstić information content (AvgIpc) is 2.36. The number of nitrogens with one attached hydrogen (secondary N) is 1. The van der Waals surface area contributed by atoms with Crippen LogP contribution >= 0.6 is 0 Å². The Hall–Kier alpha value is -1.32. The molecular formula is C6H8N4. The van der Waals surface area contributed by atoms with E-state index < -0.39 is 0 Å². The third kappa shape index (κ3) is 0.618. The van der Waals surface area contributed by atoms with Crippen LogP contribution in [-0.4, -0.2) is 12.1 Å². The Morgan fingerprint density at radius 1 is 1.60 bits per heavy atom. The largest absolute Gasteiger partial charge is 0.400 e. The summed E-state index contributed by atoms with van der Waals surface area (Å²) in [5.41, 5.74) is 9.25. The molecule has 2 aliphatic rings. The number of hydrogen-bond acceptors (Lipinski definition) is 4. The van der Waals surface area contributed by atoms with Crippen LogP contribution < -0.4 is 11.2 Å². The number of fused-ring (bicyclic) bond motifs is 1. The SMILES string of the molecule is NC1=CC=C[C@H]2NN=N[C@@H]12. The van der Waals surface area contributed by atoms with Gasteiger partial charge in [-0.3, -0.25) is 5.43 Å². The second kappa shape index (κ2) is 1.83. The monoisotopic (exact) mass is 136 g/mol. The molecule has 1 aliphatic heterocycles. The van der Waals surface area contributed by atoms with Gasteiger partial charge in [-0.2, -0.15) is 5.11 Å². The lowest BCUT2D eigenvalue weighted by Gasteiger charge is -2.15. The van der Waals surface area contributed by atoms with Gasteiger partial charge in [0.25, 0.3) is 0 Å². The van der Waals surface area contributed by atoms with Gasteiger partial charge in [-0.1, -0.05) is 17.4 Å². The van der Waals surface area contributed by atoms with E-state index >= 15 is 0 Å². The Balaban J connectivity index is 2.30. The van der Waals surface area contributed by atoms with E-state index in [0.29, 0.717) is 0 Å². The molecule has 10 heavy (non-hydrogen) atoms. The van der Waals surface area contributed by atoms with E-state index in [1.54, 1.807) is 0 Å². The van der Waals surface area contributed by atoms with Crippen LogP contribution in [0.4, 0.5) is 0 Å². The Morgan fingerprint density at radius 2 is 2.50 bits per heavy atom. The van der Waals surface area contributed by atoms with Crippen molar-refractivity contribution in [1.82, 2.24) is 5.43 Å². The molecule has 0 saturated carbocycles. The Kier molecular flexibility index (Phi) is 1.00. The zero-order valence-corrected chi connectivity index (χ0v) is 5.36. The van der Waals surface area contributed by atoms with Crippen molar-refractivity contribution in [2.75, 3.05) is 0 Å². The predicted molar refractivity (Wildman–Crippen MR) is 37.0 cm³/mol. The molecule has 0 fully saturated rings. The maximum Gasteiger partial charge on any atom is 0.137 e. The van der Waals surface area contributed by atoms with Crippen LogP contribution in [0.2, 0.25) is 0 Å². The van der Waals surface area contributed by atoms with E-state index in [2.05, 4.69) is 15.8 Å². The summed E-state index contributed by atoms with van der Waals surface area (Å²) in [5, 5.41) is 7.59. The first-order chi connectivity index (χ1) is 4.88. The molecule has 0 bridgehead atoms. The van der Waals surface area contributed by atoms with E-state index in [1.807, 2.05) is 18.2 Å². The molecule has 4 nitrogen and oxygen atoms in total. The van der Waals surface area contributed by atoms with Crippen molar-refractivity contribution >= 4 is 0 Å². The summed E-state index contributed by atoms with van der Waals surface area (Å²) >= 11 is 0. The van der Waals surface area contributed by atoms with E-state index in [9.17, 15) is 0 Å². The fraction of sp³-hybridized carbons (Fsp3) is 0.333. The first-order valence-corrected chi connectivity index (χ1v) is 3.17. The van der Waals surface area contributed by atoms with Crippen LogP contribution in [-0.2, 0) is 0 Å². The van der Waals surface area contributed by atoms with Crippen molar-refractivity contribution in [2.45, 2.75) is 12.1 Å². The van der Waals surface area contributed by atoms with Crippen molar-refractivity contribution in [2.24, 2.45) is 16.1 Å². The van der Waals surface area contributed by atoms with Gasteiger partial charge in [-0.05, 0) is 6.08 Å². The average molecular weight is 136 g/mol. The second-order valence-electron chi connectivity index (χ2n) is 2.37. The van der Waals surface area contributed by atoms with Gasteiger partial charge in [0, 0.05) is 5.70 Å². The van der Waals surface area contributed by atoms with Crippen molar-refractivity contribution < 1.29 is 0 Å². The molecule has 0 aromatic carbocycles. The Morgan fingerprint density at radius 3 is 3.30 bits per heavy atom. The maximum atomic E-state index is 5.64. The smallest absolute Gasteiger partial charge is 0.137 e. The predicted octanol–water partition coefficient (Wildman–Crippen LogP) is 0.106. The third-order valence-electron chi connectivity index (χ3n) is 1.68. The number of nitrogens with two attached hydrogens (primary N) is 1. The number of hydrogen-bond donors (Lipinski definition) is 2. The number of allylic oxidation sites excluding steroid dienone is 2. The summed E-state index contributed by atoms with van der Waals surface area (Å²) in [6.07, 6.45) is 5.77. The minimum Gasteiger partial charge on any atom is -0.400 e. The summed E-state index contributed by atoms with van der Waals surface area (Å²) in [5.74, 6) is 0. The lowest BCUT2D eigenvalue weighted by molar-refractivity contribution is 0.635. The topological polar surface area (TPSA) is 62.8 Å². The molecule has 0 unspecified atom stereocenters. The molecule has 3 N–H and O–H groups in total. The van der Waals surface area contributed by atoms with E-state index in [-0.39, 0.29) is 12.1 Å². The summed E-state index contributed by atoms with van der Waals surface area (Å²) in [6, 6.07) is 0.218. The van der Waals surface area contributed by atoms with Crippen LogP contribution in [0.15, 0.2) is 34.3 Å². The molecule has 1 heterocycles. The van der Waals surface area contributed by atoms with Gasteiger partial charge in [-0.25, -0.2) is 0 Å². The summed E-state index contributed by atoms with van der Waals surface area (Å²) < 4.78 is 0. The molecule has 0 radical (unpaired) electrons. The van der Waals surface area contributed by atoms with E-state index in [4.69, 9.17) is 5.73 Å². The standard InChI is InChI=1S/C6H8N4/c7-4-2-1-3-5-6(4)9-10-8-5/h1-3,5-6H,7H2,(H,8,9)/t5-,6+/m1/s1. The summed E-state index contributed by atoms with van der Waals surface area (Å²) in [6.45, 7) is 0. The van der Waals surface area contributed by atoms with Crippen molar-refractivity contribution in [3.8, 4) is 0 Å². The molecule has 0 saturated heterocycles. The van der Waals surface area contributed by atoms with Crippen molar-refractivity contribution in [3.05, 3.63) is 23.9 Å². The second-order valence-corrected chi connectivity index (χ2v) is 2.37. The highest BCUT2D eigenvalue weighted by atomic mass is 15.5. The molecule has 2 atom stereocenters. The van der Waals surface area contributed by atoms with Gasteiger partial charge in [0.05, 0.1) is 6.04 Å². The molecule has 0 aromatic rings. The quantitative estimate of drug-likeness (QED) is 0.496. The molecule has 4 heteroatoms. The van der Waals surface area contributed by atoms with Gasteiger partial charge >= 0.3 is 0 Å². The molecule has 0 amide bonds. The number of rotatable bonds is 0. The Bertz CT molecular complexity index is 228. The minimum atomic E-state index is 0.0324. The van der Waals surface area contributed by atoms with Crippen LogP contribution in [0.25, 0.3) is 0 Å². The highest BCUT2D eigenvalue weighted by molar-refractivity contribution is 5.27. The van der Waals surface area contributed by atoms with Crippen LogP contribution in [0.5, 0.6) is 0 Å². The van der Waals surface area contributed by atoms with E-state index in [1.165, 1.54) is 0 Å². The first kappa shape index (κ1) is 5.46. The summed E-state index contributed by atoms with van der Waals surface area (Å²) in [7, 11) is 0. The zero-order chi connectivity index (χ0) is 6.97. The minimum absolute atomic E-state index is 0.0324. The maximum absolute atomic E-state index is 5.64. The molecule has 0 spiro atoms. The first-order valence-electron chi connectivity index (χ1n) is 3.17. The third-order valence-corrected chi connectivity index (χ3v) is 1.68. The Labute approximate surface area is 58.5 Å². The van der Waals surface area contributed by atoms with Gasteiger partial charge in [0.2, 0.25) is 0 Å². The number of nitrogens with zero attached hydrogens (tertiary/aromatic N) is 2. The highest BCUT2D eigenvalue weighted by Crippen LogP contribution is 2.17. The van der Waals surface area contributed by atoms with Crippen molar-refractivity contribution in [3.63, 3.8) is 0 Å². The van der Waals surface area contributed by atoms with Crippen molar-refractivity contribution in [1.29, 1.82) is 0 Å².